The van der Waals surface area contributed by atoms with Crippen molar-refractivity contribution < 1.29 is 32.7 Å². The number of aromatic nitrogens is 4. The zero-order chi connectivity index (χ0) is 29.0. The van der Waals surface area contributed by atoms with Gasteiger partial charge in [0.05, 0.1) is 34.4 Å². The number of carboxylic acid groups (broad SMARTS) is 1. The van der Waals surface area contributed by atoms with Crippen LogP contribution in [0.2, 0.25) is 0 Å². The monoisotopic (exact) mass is 561 g/mol. The molecule has 40 heavy (non-hydrogen) atoms. The van der Waals surface area contributed by atoms with Crippen molar-refractivity contribution in [1.29, 1.82) is 0 Å². The third-order valence-corrected chi connectivity index (χ3v) is 7.73. The molecule has 2 atom stereocenters. The molecule has 14 heteroatoms. The zero-order valence-electron chi connectivity index (χ0n) is 22.3. The summed E-state index contributed by atoms with van der Waals surface area (Å²) in [4.78, 5) is 45.3. The van der Waals surface area contributed by atoms with Gasteiger partial charge in [-0.3, -0.25) is 14.6 Å². The highest BCUT2D eigenvalue weighted by Crippen LogP contribution is 2.38. The van der Waals surface area contributed by atoms with E-state index < -0.39 is 35.2 Å². The van der Waals surface area contributed by atoms with Crippen molar-refractivity contribution in [3.63, 3.8) is 0 Å². The van der Waals surface area contributed by atoms with E-state index in [1.165, 1.54) is 4.90 Å². The average Bonchev–Trinajstić information content (AvgIpc) is 3.58. The molecular formula is C26H30F3N7O4. The molecule has 0 saturated heterocycles. The minimum Gasteiger partial charge on any atom is -0.465 e. The molecule has 3 N–H and O–H groups in total. The van der Waals surface area contributed by atoms with Crippen LogP contribution in [0.5, 0.6) is 0 Å². The van der Waals surface area contributed by atoms with Gasteiger partial charge in [-0.05, 0) is 30.1 Å². The Balaban J connectivity index is 1.47. The van der Waals surface area contributed by atoms with E-state index in [1.54, 1.807) is 25.7 Å². The maximum Gasteiger partial charge on any atom is 0.417 e. The number of H-pyrrole nitrogens is 1. The van der Waals surface area contributed by atoms with Crippen LogP contribution in [-0.2, 0) is 35.0 Å². The molecule has 0 spiro atoms. The molecular weight excluding hydrogens is 531 g/mol. The number of nitrogens with zero attached hydrogens (tertiary/aromatic N) is 5. The van der Waals surface area contributed by atoms with Crippen LogP contribution in [0.15, 0.2) is 23.4 Å². The van der Waals surface area contributed by atoms with Gasteiger partial charge in [0.25, 0.3) is 0 Å². The number of alkyl halides is 3. The quantitative estimate of drug-likeness (QED) is 0.487. The molecule has 2 aliphatic heterocycles. The van der Waals surface area contributed by atoms with Crippen LogP contribution < -0.4 is 5.32 Å². The number of rotatable bonds is 4. The highest BCUT2D eigenvalue weighted by Gasteiger charge is 2.44. The Morgan fingerprint density at radius 3 is 2.52 bits per heavy atom. The lowest BCUT2D eigenvalue weighted by Gasteiger charge is -2.33. The largest absolute Gasteiger partial charge is 0.465 e. The number of carbonyl (C=O) groups excluding carboxylic acids is 2. The number of aryl methyl sites for hydroxylation is 1. The second-order valence-corrected chi connectivity index (χ2v) is 11.5. The molecule has 0 radical (unpaired) electrons. The van der Waals surface area contributed by atoms with Crippen LogP contribution in [0.25, 0.3) is 0 Å². The number of aromatic amines is 1. The number of fused-ring (bicyclic) bond motifs is 1. The number of hydrogen-bond donors (Lipinski definition) is 3. The fraction of sp³-hybridized carbons (Fsp3) is 0.538. The molecule has 3 amide bonds. The SMILES string of the molecule is CC(C)(C)C(=O)Nc1cc(C(F)(F)F)cnc1CC1C2=C(CN(C(=O)O)C2)CN1C(=O)[C@@H]1CCc2n[nH]nc2C1. The molecule has 0 saturated carbocycles. The van der Waals surface area contributed by atoms with E-state index in [9.17, 15) is 32.7 Å². The van der Waals surface area contributed by atoms with Crippen molar-refractivity contribution in [2.24, 2.45) is 11.3 Å². The smallest absolute Gasteiger partial charge is 0.417 e. The Morgan fingerprint density at radius 1 is 1.12 bits per heavy atom. The van der Waals surface area contributed by atoms with Gasteiger partial charge in [0, 0.05) is 50.0 Å². The second kappa shape index (κ2) is 9.89. The van der Waals surface area contributed by atoms with E-state index in [1.807, 2.05) is 0 Å². The summed E-state index contributed by atoms with van der Waals surface area (Å²) in [7, 11) is 0. The fourth-order valence-corrected chi connectivity index (χ4v) is 5.44. The minimum absolute atomic E-state index is 0.0118. The second-order valence-electron chi connectivity index (χ2n) is 11.5. The summed E-state index contributed by atoms with van der Waals surface area (Å²) in [6.45, 7) is 5.37. The third kappa shape index (κ3) is 5.26. The first kappa shape index (κ1) is 27.6. The summed E-state index contributed by atoms with van der Waals surface area (Å²) in [5.41, 5.74) is 1.29. The summed E-state index contributed by atoms with van der Waals surface area (Å²) < 4.78 is 40.6. The standard InChI is InChI=1S/C26H30F3N7O4/c1-25(2,3)23(38)31-19-7-15(26(27,28)29)9-30-18(19)8-21-16-12-35(24(39)40)10-14(16)11-36(21)22(37)13-4-5-17-20(6-13)33-34-32-17/h7,9,13,21H,4-6,8,10-12H2,1-3H3,(H,31,38)(H,39,40)(H,32,33,34)/t13-,21?/m1/s1. The van der Waals surface area contributed by atoms with Gasteiger partial charge in [0.1, 0.15) is 0 Å². The molecule has 0 bridgehead atoms. The Hall–Kier alpha value is -3.97. The molecule has 11 nitrogen and oxygen atoms in total. The van der Waals surface area contributed by atoms with Crippen LogP contribution >= 0.6 is 0 Å². The first-order chi connectivity index (χ1) is 18.7. The molecule has 1 aliphatic carbocycles. The predicted molar refractivity (Wildman–Crippen MR) is 135 cm³/mol. The van der Waals surface area contributed by atoms with Crippen LogP contribution in [0.1, 0.15) is 49.8 Å². The van der Waals surface area contributed by atoms with Crippen LogP contribution in [-0.4, -0.2) is 78.9 Å². The van der Waals surface area contributed by atoms with Gasteiger partial charge in [0.15, 0.2) is 0 Å². The van der Waals surface area contributed by atoms with Crippen LogP contribution in [0, 0.1) is 11.3 Å². The molecule has 1 unspecified atom stereocenters. The normalized spacial score (nSPS) is 20.9. The van der Waals surface area contributed by atoms with Crippen molar-refractivity contribution in [1.82, 2.24) is 30.2 Å². The lowest BCUT2D eigenvalue weighted by atomic mass is 9.88. The fourth-order valence-electron chi connectivity index (χ4n) is 5.44. The van der Waals surface area contributed by atoms with E-state index in [-0.39, 0.29) is 49.3 Å². The summed E-state index contributed by atoms with van der Waals surface area (Å²) in [5, 5.41) is 23.0. The van der Waals surface area contributed by atoms with Crippen molar-refractivity contribution in [3.05, 3.63) is 46.1 Å². The van der Waals surface area contributed by atoms with Crippen molar-refractivity contribution in [2.45, 2.75) is 58.7 Å². The van der Waals surface area contributed by atoms with Crippen molar-refractivity contribution >= 4 is 23.6 Å². The van der Waals surface area contributed by atoms with Crippen LogP contribution in [0.3, 0.4) is 0 Å². The van der Waals surface area contributed by atoms with Gasteiger partial charge in [0.2, 0.25) is 11.8 Å². The van der Waals surface area contributed by atoms with Gasteiger partial charge < -0.3 is 20.2 Å². The minimum atomic E-state index is -4.67. The Labute approximate surface area is 227 Å². The molecule has 4 heterocycles. The molecule has 0 aromatic carbocycles. The topological polar surface area (TPSA) is 144 Å². The maximum absolute atomic E-state index is 13.8. The molecule has 2 aromatic rings. The average molecular weight is 562 g/mol. The van der Waals surface area contributed by atoms with E-state index in [0.717, 1.165) is 28.6 Å². The van der Waals surface area contributed by atoms with Crippen molar-refractivity contribution in [2.75, 3.05) is 25.0 Å². The summed E-state index contributed by atoms with van der Waals surface area (Å²) >= 11 is 0. The van der Waals surface area contributed by atoms with Gasteiger partial charge >= 0.3 is 12.3 Å². The number of amides is 3. The van der Waals surface area contributed by atoms with Crippen molar-refractivity contribution in [3.8, 4) is 0 Å². The number of anilines is 1. The third-order valence-electron chi connectivity index (χ3n) is 7.73. The lowest BCUT2D eigenvalue weighted by Crippen LogP contribution is -2.46. The lowest BCUT2D eigenvalue weighted by molar-refractivity contribution is -0.138. The molecule has 214 valence electrons. The maximum atomic E-state index is 13.8. The number of nitrogens with one attached hydrogen (secondary N) is 2. The molecule has 2 aromatic heterocycles. The molecule has 5 rings (SSSR count). The van der Waals surface area contributed by atoms with Gasteiger partial charge in [-0.15, -0.1) is 0 Å². The number of halogens is 3. The number of pyridine rings is 1. The van der Waals surface area contributed by atoms with Gasteiger partial charge in [-0.1, -0.05) is 20.8 Å². The molecule has 3 aliphatic rings. The summed E-state index contributed by atoms with van der Waals surface area (Å²) in [6.07, 6.45) is -3.48. The van der Waals surface area contributed by atoms with E-state index in [4.69, 9.17) is 0 Å². The first-order valence-corrected chi connectivity index (χ1v) is 13.0. The summed E-state index contributed by atoms with van der Waals surface area (Å²) in [6, 6.07) is 0.230. The highest BCUT2D eigenvalue weighted by atomic mass is 19.4. The Kier molecular flexibility index (Phi) is 6.83. The van der Waals surface area contributed by atoms with E-state index >= 15 is 0 Å². The Morgan fingerprint density at radius 2 is 1.85 bits per heavy atom. The zero-order valence-corrected chi connectivity index (χ0v) is 22.3. The number of hydrogen-bond acceptors (Lipinski definition) is 6. The Bertz CT molecular complexity index is 1400. The number of carbonyl (C=O) groups is 3. The predicted octanol–water partition coefficient (Wildman–Crippen LogP) is 3.05. The molecule has 0 fully saturated rings. The van der Waals surface area contributed by atoms with E-state index in [0.29, 0.717) is 25.5 Å². The summed E-state index contributed by atoms with van der Waals surface area (Å²) in [5.74, 6) is -0.990. The van der Waals surface area contributed by atoms with Gasteiger partial charge in [-0.2, -0.15) is 28.6 Å². The van der Waals surface area contributed by atoms with E-state index in [2.05, 4.69) is 25.7 Å². The van der Waals surface area contributed by atoms with Gasteiger partial charge in [-0.25, -0.2) is 4.79 Å². The van der Waals surface area contributed by atoms with Crippen LogP contribution in [0.4, 0.5) is 23.7 Å². The highest BCUT2D eigenvalue weighted by molar-refractivity contribution is 5.95. The first-order valence-electron chi connectivity index (χ1n) is 13.0.